The molecule has 2 N–H and O–H groups in total. The van der Waals surface area contributed by atoms with Gasteiger partial charge in [-0.15, -0.1) is 0 Å². The Morgan fingerprint density at radius 2 is 2.15 bits per heavy atom. The molecule has 7 nitrogen and oxygen atoms in total. The highest BCUT2D eigenvalue weighted by Gasteiger charge is 2.19. The summed E-state index contributed by atoms with van der Waals surface area (Å²) in [6.45, 7) is 0.372. The number of nitrogens with zero attached hydrogens (tertiary/aromatic N) is 3. The summed E-state index contributed by atoms with van der Waals surface area (Å²) in [4.78, 5) is 17.3. The van der Waals surface area contributed by atoms with Gasteiger partial charge in [0.1, 0.15) is 12.6 Å². The van der Waals surface area contributed by atoms with Crippen LogP contribution in [-0.4, -0.2) is 44.8 Å². The van der Waals surface area contributed by atoms with Gasteiger partial charge in [0.2, 0.25) is 5.91 Å². The van der Waals surface area contributed by atoms with E-state index in [9.17, 15) is 4.79 Å². The lowest BCUT2D eigenvalue weighted by Gasteiger charge is -2.18. The molecule has 0 saturated heterocycles. The van der Waals surface area contributed by atoms with Gasteiger partial charge in [-0.2, -0.15) is 16.9 Å². The Balaban J connectivity index is 1.75. The molecule has 0 aliphatic heterocycles. The third-order valence-corrected chi connectivity index (χ3v) is 4.73. The number of H-pyrrole nitrogens is 1. The largest absolute Gasteiger partial charge is 0.377 e. The van der Waals surface area contributed by atoms with E-state index < -0.39 is 0 Å². The molecular weight excluding hydrogens is 362 g/mol. The Morgan fingerprint density at radius 1 is 1.33 bits per heavy atom. The molecule has 27 heavy (non-hydrogen) atoms. The van der Waals surface area contributed by atoms with Crippen LogP contribution in [0.1, 0.15) is 18.3 Å². The van der Waals surface area contributed by atoms with Crippen LogP contribution in [0.4, 0.5) is 5.69 Å². The number of methoxy groups -OCH3 is 1. The van der Waals surface area contributed by atoms with Crippen LogP contribution in [0, 0.1) is 0 Å². The number of anilines is 1. The highest BCUT2D eigenvalue weighted by molar-refractivity contribution is 7.98. The molecule has 2 heterocycles. The van der Waals surface area contributed by atoms with Crippen LogP contribution in [-0.2, 0) is 16.1 Å². The first kappa shape index (κ1) is 19.2. The average molecular weight is 385 g/mol. The van der Waals surface area contributed by atoms with Gasteiger partial charge in [-0.3, -0.25) is 9.89 Å². The zero-order valence-electron chi connectivity index (χ0n) is 15.4. The first-order valence-electron chi connectivity index (χ1n) is 8.64. The molecule has 1 aromatic carbocycles. The minimum Gasteiger partial charge on any atom is -0.377 e. The molecule has 0 radical (unpaired) electrons. The summed E-state index contributed by atoms with van der Waals surface area (Å²) in [6.07, 6.45) is 6.66. The highest BCUT2D eigenvalue weighted by Crippen LogP contribution is 2.22. The molecule has 3 aromatic rings. The van der Waals surface area contributed by atoms with Crippen LogP contribution in [0.3, 0.4) is 0 Å². The van der Waals surface area contributed by atoms with E-state index in [1.807, 2.05) is 59.6 Å². The Kier molecular flexibility index (Phi) is 6.67. The smallest absolute Gasteiger partial charge is 0.247 e. The molecule has 142 valence electrons. The Bertz CT molecular complexity index is 863. The van der Waals surface area contributed by atoms with Crippen molar-refractivity contribution < 1.29 is 9.53 Å². The fourth-order valence-electron chi connectivity index (χ4n) is 2.79. The van der Waals surface area contributed by atoms with E-state index in [1.54, 1.807) is 18.9 Å². The summed E-state index contributed by atoms with van der Waals surface area (Å²) in [5.74, 6) is 2.11. The van der Waals surface area contributed by atoms with Gasteiger partial charge in [0.05, 0.1) is 0 Å². The molecule has 0 spiro atoms. The lowest BCUT2D eigenvalue weighted by molar-refractivity contribution is -0.119. The van der Waals surface area contributed by atoms with Crippen LogP contribution >= 0.6 is 11.8 Å². The maximum atomic E-state index is 12.9. The fourth-order valence-corrected chi connectivity index (χ4v) is 3.25. The number of carbonyl (C=O) groups is 1. The summed E-state index contributed by atoms with van der Waals surface area (Å²) in [6, 6.07) is 11.1. The van der Waals surface area contributed by atoms with Crippen LogP contribution in [0.2, 0.25) is 0 Å². The summed E-state index contributed by atoms with van der Waals surface area (Å²) in [5, 5.41) is 10.1. The van der Waals surface area contributed by atoms with E-state index in [0.717, 1.165) is 23.4 Å². The van der Waals surface area contributed by atoms with E-state index in [-0.39, 0.29) is 11.9 Å². The number of nitrogens with one attached hydrogen (secondary N) is 2. The van der Waals surface area contributed by atoms with Crippen LogP contribution in [0.5, 0.6) is 0 Å². The third-order valence-electron chi connectivity index (χ3n) is 4.09. The topological polar surface area (TPSA) is 84.8 Å². The molecule has 1 atom stereocenters. The van der Waals surface area contributed by atoms with E-state index in [4.69, 9.17) is 4.74 Å². The van der Waals surface area contributed by atoms with Crippen molar-refractivity contribution in [2.24, 2.45) is 0 Å². The number of benzene rings is 1. The van der Waals surface area contributed by atoms with E-state index in [1.165, 1.54) is 0 Å². The molecule has 3 rings (SSSR count). The molecule has 0 unspecified atom stereocenters. The molecular formula is C19H23N5O2S. The Hall–Kier alpha value is -2.58. The molecule has 0 fully saturated rings. The summed E-state index contributed by atoms with van der Waals surface area (Å²) in [5.41, 5.74) is 1.55. The van der Waals surface area contributed by atoms with E-state index >= 15 is 0 Å². The van der Waals surface area contributed by atoms with Crippen LogP contribution in [0.15, 0.2) is 48.8 Å². The van der Waals surface area contributed by atoms with Crippen molar-refractivity contribution >= 4 is 23.4 Å². The number of thioether (sulfide) groups is 1. The van der Waals surface area contributed by atoms with Crippen LogP contribution < -0.4 is 5.32 Å². The third kappa shape index (κ3) is 4.99. The van der Waals surface area contributed by atoms with Gasteiger partial charge in [-0.05, 0) is 42.7 Å². The van der Waals surface area contributed by atoms with Crippen molar-refractivity contribution in [3.8, 4) is 11.4 Å². The monoisotopic (exact) mass is 385 g/mol. The fraction of sp³-hybridized carbons (Fsp3) is 0.316. The SMILES string of the molecule is COCc1nc(-c2cccc(NC(=O)[C@@H](CCSC)n3cccc3)c2)n[nH]1. The predicted molar refractivity (Wildman–Crippen MR) is 108 cm³/mol. The predicted octanol–water partition coefficient (Wildman–Crippen LogP) is 3.35. The van der Waals surface area contributed by atoms with Crippen molar-refractivity contribution in [1.29, 1.82) is 0 Å². The van der Waals surface area contributed by atoms with Crippen molar-refractivity contribution in [2.75, 3.05) is 24.4 Å². The second kappa shape index (κ2) is 9.38. The number of carbonyl (C=O) groups excluding carboxylic acids is 1. The first-order chi connectivity index (χ1) is 13.2. The quantitative estimate of drug-likeness (QED) is 0.590. The van der Waals surface area contributed by atoms with Crippen molar-refractivity contribution in [1.82, 2.24) is 19.7 Å². The second-order valence-corrected chi connectivity index (χ2v) is 7.02. The number of amides is 1. The van der Waals surface area contributed by atoms with Crippen LogP contribution in [0.25, 0.3) is 11.4 Å². The Labute approximate surface area is 162 Å². The lowest BCUT2D eigenvalue weighted by atomic mass is 10.1. The van der Waals surface area contributed by atoms with Crippen molar-refractivity contribution in [2.45, 2.75) is 19.1 Å². The van der Waals surface area contributed by atoms with Gasteiger partial charge < -0.3 is 14.6 Å². The maximum absolute atomic E-state index is 12.9. The molecule has 1 amide bonds. The molecule has 2 aromatic heterocycles. The van der Waals surface area contributed by atoms with Gasteiger partial charge in [0.25, 0.3) is 0 Å². The molecule has 0 bridgehead atoms. The van der Waals surface area contributed by atoms with Gasteiger partial charge in [-0.1, -0.05) is 12.1 Å². The number of aromatic nitrogens is 4. The van der Waals surface area contributed by atoms with Gasteiger partial charge >= 0.3 is 0 Å². The minimum absolute atomic E-state index is 0.0348. The average Bonchev–Trinajstić information content (AvgIpc) is 3.35. The number of rotatable bonds is 9. The van der Waals surface area contributed by atoms with Crippen molar-refractivity contribution in [3.63, 3.8) is 0 Å². The standard InChI is InChI=1S/C19H23N5O2S/c1-26-13-17-21-18(23-22-17)14-6-5-7-15(12-14)20-19(25)16(8-11-27-2)24-9-3-4-10-24/h3-7,9-10,12,16H,8,11,13H2,1-2H3,(H,20,25)(H,21,22,23)/t16-/m1/s1. The molecule has 0 saturated carbocycles. The first-order valence-corrected chi connectivity index (χ1v) is 10.0. The minimum atomic E-state index is -0.243. The summed E-state index contributed by atoms with van der Waals surface area (Å²) < 4.78 is 7.00. The zero-order chi connectivity index (χ0) is 19.1. The zero-order valence-corrected chi connectivity index (χ0v) is 16.2. The Morgan fingerprint density at radius 3 is 2.89 bits per heavy atom. The molecule has 0 aliphatic carbocycles. The van der Waals surface area contributed by atoms with Crippen molar-refractivity contribution in [3.05, 3.63) is 54.6 Å². The number of hydrogen-bond donors (Lipinski definition) is 2. The summed E-state index contributed by atoms with van der Waals surface area (Å²) >= 11 is 1.73. The van der Waals surface area contributed by atoms with E-state index in [0.29, 0.717) is 18.3 Å². The van der Waals surface area contributed by atoms with Gasteiger partial charge in [0, 0.05) is 30.8 Å². The highest BCUT2D eigenvalue weighted by atomic mass is 32.2. The van der Waals surface area contributed by atoms with E-state index in [2.05, 4.69) is 20.5 Å². The number of ether oxygens (including phenoxy) is 1. The number of aromatic amines is 1. The number of hydrogen-bond acceptors (Lipinski definition) is 5. The van der Waals surface area contributed by atoms with Gasteiger partial charge in [0.15, 0.2) is 11.6 Å². The summed E-state index contributed by atoms with van der Waals surface area (Å²) in [7, 11) is 1.61. The second-order valence-electron chi connectivity index (χ2n) is 6.04. The molecule has 0 aliphatic rings. The maximum Gasteiger partial charge on any atom is 0.247 e. The lowest BCUT2D eigenvalue weighted by Crippen LogP contribution is -2.25. The molecule has 8 heteroatoms. The van der Waals surface area contributed by atoms with Gasteiger partial charge in [-0.25, -0.2) is 4.98 Å². The normalized spacial score (nSPS) is 12.1.